The van der Waals surface area contributed by atoms with Crippen molar-refractivity contribution < 1.29 is 8.42 Å². The molecule has 0 N–H and O–H groups in total. The molecule has 0 saturated heterocycles. The van der Waals surface area contributed by atoms with Gasteiger partial charge in [0.15, 0.2) is 0 Å². The Labute approximate surface area is 136 Å². The van der Waals surface area contributed by atoms with E-state index in [4.69, 9.17) is 0 Å². The van der Waals surface area contributed by atoms with E-state index in [1.54, 1.807) is 61.5 Å². The molecule has 6 heteroatoms. The minimum Gasteiger partial charge on any atom is -0.300 e. The van der Waals surface area contributed by atoms with Crippen LogP contribution in [0.15, 0.2) is 69.6 Å². The molecule has 0 radical (unpaired) electrons. The lowest BCUT2D eigenvalue weighted by molar-refractivity contribution is 0.266. The summed E-state index contributed by atoms with van der Waals surface area (Å²) in [5.74, 6) is 0. The average Bonchev–Trinajstić information content (AvgIpc) is 2.56. The van der Waals surface area contributed by atoms with Gasteiger partial charge in [0.05, 0.1) is 15.8 Å². The molecular formula is C17H20N2O3S. The summed E-state index contributed by atoms with van der Waals surface area (Å²) in [7, 11) is 0.198. The Bertz CT molecular complexity index is 756. The molecule has 23 heavy (non-hydrogen) atoms. The second-order valence-corrected chi connectivity index (χ2v) is 7.59. The summed E-state index contributed by atoms with van der Waals surface area (Å²) in [6.07, 6.45) is 0. The third-order valence-electron chi connectivity index (χ3n) is 3.76. The lowest BCUT2D eigenvalue weighted by Crippen LogP contribution is -2.28. The van der Waals surface area contributed by atoms with Crippen LogP contribution >= 0.6 is 0 Å². The van der Waals surface area contributed by atoms with Gasteiger partial charge in [0.1, 0.15) is 6.04 Å². The first-order valence-corrected chi connectivity index (χ1v) is 8.75. The van der Waals surface area contributed by atoms with Gasteiger partial charge in [-0.1, -0.05) is 35.5 Å². The molecule has 5 nitrogen and oxygen atoms in total. The fourth-order valence-corrected chi connectivity index (χ4v) is 3.93. The van der Waals surface area contributed by atoms with Crippen molar-refractivity contribution in [3.63, 3.8) is 0 Å². The van der Waals surface area contributed by atoms with Crippen LogP contribution in [0.2, 0.25) is 0 Å². The molecule has 2 aromatic carbocycles. The van der Waals surface area contributed by atoms with Gasteiger partial charge in [0.2, 0.25) is 9.84 Å². The third-order valence-corrected chi connectivity index (χ3v) is 5.55. The van der Waals surface area contributed by atoms with Crippen molar-refractivity contribution in [1.29, 1.82) is 0 Å². The van der Waals surface area contributed by atoms with E-state index in [-0.39, 0.29) is 15.8 Å². The van der Waals surface area contributed by atoms with Gasteiger partial charge in [-0.3, -0.25) is 0 Å². The van der Waals surface area contributed by atoms with Gasteiger partial charge in [0, 0.05) is 0 Å². The fourth-order valence-electron chi connectivity index (χ4n) is 2.65. The minimum absolute atomic E-state index is 0.194. The Morgan fingerprint density at radius 2 is 1.43 bits per heavy atom. The first-order chi connectivity index (χ1) is 10.9. The van der Waals surface area contributed by atoms with Gasteiger partial charge in [-0.2, -0.15) is 4.91 Å². The normalized spacial score (nSPS) is 14.4. The molecule has 122 valence electrons. The van der Waals surface area contributed by atoms with Gasteiger partial charge in [-0.25, -0.2) is 8.42 Å². The minimum atomic E-state index is -3.53. The zero-order valence-electron chi connectivity index (χ0n) is 13.4. The molecule has 2 unspecified atom stereocenters. The van der Waals surface area contributed by atoms with Crippen LogP contribution in [0.1, 0.15) is 18.5 Å². The lowest BCUT2D eigenvalue weighted by atomic mass is 10.0. The molecule has 0 aliphatic heterocycles. The molecule has 0 saturated carbocycles. The van der Waals surface area contributed by atoms with E-state index in [1.165, 1.54) is 0 Å². The summed E-state index contributed by atoms with van der Waals surface area (Å²) < 4.78 is 25.1. The molecule has 2 atom stereocenters. The Kier molecular flexibility index (Phi) is 5.28. The smallest absolute Gasteiger partial charge is 0.206 e. The molecule has 0 spiro atoms. The van der Waals surface area contributed by atoms with Crippen molar-refractivity contribution in [3.05, 3.63) is 65.1 Å². The molecule has 0 aliphatic rings. The monoisotopic (exact) mass is 332 g/mol. The molecule has 0 aliphatic carbocycles. The number of nitrogens with zero attached hydrogens (tertiary/aromatic N) is 2. The highest BCUT2D eigenvalue weighted by atomic mass is 32.2. The highest BCUT2D eigenvalue weighted by molar-refractivity contribution is 7.91. The molecular weight excluding hydrogens is 312 g/mol. The molecule has 0 bridgehead atoms. The van der Waals surface area contributed by atoms with Crippen LogP contribution in [0.25, 0.3) is 0 Å². The Morgan fingerprint density at radius 1 is 0.913 bits per heavy atom. The largest absolute Gasteiger partial charge is 0.300 e. The van der Waals surface area contributed by atoms with Gasteiger partial charge < -0.3 is 4.90 Å². The van der Waals surface area contributed by atoms with E-state index in [0.29, 0.717) is 0 Å². The number of rotatable bonds is 6. The van der Waals surface area contributed by atoms with Crippen molar-refractivity contribution in [1.82, 2.24) is 4.90 Å². The summed E-state index contributed by atoms with van der Waals surface area (Å²) in [6, 6.07) is 14.3. The predicted octanol–water partition coefficient (Wildman–Crippen LogP) is 3.28. The Balaban J connectivity index is 2.38. The van der Waals surface area contributed by atoms with E-state index in [0.717, 1.165) is 5.56 Å². The average molecular weight is 332 g/mol. The number of benzene rings is 2. The molecule has 0 amide bonds. The van der Waals surface area contributed by atoms with Gasteiger partial charge in [0.25, 0.3) is 0 Å². The first kappa shape index (κ1) is 17.3. The van der Waals surface area contributed by atoms with Gasteiger partial charge in [-0.05, 0) is 50.8 Å². The standard InChI is InChI=1S/C17H20N2O3S/c1-13(18-20)17(19(2)3)14-9-11-16(12-10-14)23(21,22)15-7-5-4-6-8-15/h4-13,17H,1-3H3. The maximum Gasteiger partial charge on any atom is 0.206 e. The second kappa shape index (κ2) is 7.02. The van der Waals surface area contributed by atoms with Crippen molar-refractivity contribution in [3.8, 4) is 0 Å². The van der Waals surface area contributed by atoms with Crippen molar-refractivity contribution in [2.24, 2.45) is 5.18 Å². The second-order valence-electron chi connectivity index (χ2n) is 5.64. The fraction of sp³-hybridized carbons (Fsp3) is 0.294. The van der Waals surface area contributed by atoms with Crippen LogP contribution in [0.4, 0.5) is 0 Å². The maximum atomic E-state index is 12.6. The number of hydrogen-bond donors (Lipinski definition) is 0. The summed E-state index contributed by atoms with van der Waals surface area (Å²) in [5.41, 5.74) is 0.856. The zero-order chi connectivity index (χ0) is 17.0. The zero-order valence-corrected chi connectivity index (χ0v) is 14.2. The number of hydrogen-bond acceptors (Lipinski definition) is 5. The summed E-state index contributed by atoms with van der Waals surface area (Å²) in [6.45, 7) is 1.74. The summed E-state index contributed by atoms with van der Waals surface area (Å²) >= 11 is 0. The molecule has 0 fully saturated rings. The molecule has 2 rings (SSSR count). The van der Waals surface area contributed by atoms with E-state index in [1.807, 2.05) is 19.0 Å². The van der Waals surface area contributed by atoms with E-state index < -0.39 is 15.9 Å². The number of sulfone groups is 1. The Morgan fingerprint density at radius 3 is 1.91 bits per heavy atom. The van der Waals surface area contributed by atoms with Crippen LogP contribution in [-0.2, 0) is 9.84 Å². The van der Waals surface area contributed by atoms with Crippen molar-refractivity contribution in [2.75, 3.05) is 14.1 Å². The maximum absolute atomic E-state index is 12.6. The van der Waals surface area contributed by atoms with Crippen LogP contribution in [-0.4, -0.2) is 33.5 Å². The summed E-state index contributed by atoms with van der Waals surface area (Å²) in [5, 5.41) is 3.10. The highest BCUT2D eigenvalue weighted by Gasteiger charge is 2.23. The van der Waals surface area contributed by atoms with Crippen LogP contribution in [0.3, 0.4) is 0 Å². The van der Waals surface area contributed by atoms with Crippen LogP contribution in [0.5, 0.6) is 0 Å². The molecule has 2 aromatic rings. The van der Waals surface area contributed by atoms with Crippen LogP contribution in [0, 0.1) is 4.91 Å². The predicted molar refractivity (Wildman–Crippen MR) is 90.0 cm³/mol. The first-order valence-electron chi connectivity index (χ1n) is 7.27. The van der Waals surface area contributed by atoms with Crippen molar-refractivity contribution >= 4 is 9.84 Å². The summed E-state index contributed by atoms with van der Waals surface area (Å²) in [4.78, 5) is 13.3. The van der Waals surface area contributed by atoms with Crippen LogP contribution < -0.4 is 0 Å². The lowest BCUT2D eigenvalue weighted by Gasteiger charge is -2.26. The number of likely N-dealkylation sites (N-methyl/N-ethyl adjacent to an activating group) is 1. The molecule has 0 heterocycles. The quantitative estimate of drug-likeness (QED) is 0.761. The Hall–Kier alpha value is -2.05. The topological polar surface area (TPSA) is 66.8 Å². The van der Waals surface area contributed by atoms with Crippen molar-refractivity contribution in [2.45, 2.75) is 28.8 Å². The SMILES string of the molecule is CC(N=O)C(c1ccc(S(=O)(=O)c2ccccc2)cc1)N(C)C. The molecule has 0 aromatic heterocycles. The number of nitroso groups, excluding NO2 is 1. The van der Waals surface area contributed by atoms with Gasteiger partial charge >= 0.3 is 0 Å². The third kappa shape index (κ3) is 3.65. The van der Waals surface area contributed by atoms with E-state index in [2.05, 4.69) is 5.18 Å². The highest BCUT2D eigenvalue weighted by Crippen LogP contribution is 2.27. The van der Waals surface area contributed by atoms with Gasteiger partial charge in [-0.15, -0.1) is 0 Å². The van der Waals surface area contributed by atoms with E-state index >= 15 is 0 Å². The van der Waals surface area contributed by atoms with E-state index in [9.17, 15) is 13.3 Å².